The lowest BCUT2D eigenvalue weighted by atomic mass is 9.95. The molecule has 1 aliphatic heterocycles. The van der Waals surface area contributed by atoms with Crippen LogP contribution >= 0.6 is 11.3 Å². The lowest BCUT2D eigenvalue weighted by Crippen LogP contribution is -2.40. The van der Waals surface area contributed by atoms with E-state index in [-0.39, 0.29) is 36.3 Å². The van der Waals surface area contributed by atoms with E-state index < -0.39 is 12.0 Å². The van der Waals surface area contributed by atoms with E-state index >= 15 is 0 Å². The predicted octanol–water partition coefficient (Wildman–Crippen LogP) is 6.05. The van der Waals surface area contributed by atoms with Crippen LogP contribution in [0.25, 0.3) is 6.08 Å². The Labute approximate surface area is 288 Å². The third kappa shape index (κ3) is 7.46. The molecule has 5 rings (SSSR count). The van der Waals surface area contributed by atoms with E-state index in [1.54, 1.807) is 62.4 Å². The summed E-state index contributed by atoms with van der Waals surface area (Å²) in [4.78, 5) is 32.7. The molecule has 0 fully saturated rings. The number of halogens is 1. The molecular formula is C38H39FN2O7S. The Balaban J connectivity index is 1.63. The van der Waals surface area contributed by atoms with Gasteiger partial charge in [0.1, 0.15) is 12.4 Å². The summed E-state index contributed by atoms with van der Waals surface area (Å²) in [6.07, 6.45) is 3.83. The molecule has 2 heterocycles. The van der Waals surface area contributed by atoms with Gasteiger partial charge in [-0.1, -0.05) is 41.7 Å². The molecule has 256 valence electrons. The van der Waals surface area contributed by atoms with Gasteiger partial charge in [-0.25, -0.2) is 14.2 Å². The molecule has 1 aromatic heterocycles. The number of fused-ring (bicyclic) bond motifs is 1. The molecule has 0 aliphatic carbocycles. The predicted molar refractivity (Wildman–Crippen MR) is 187 cm³/mol. The normalized spacial score (nSPS) is 14.3. The van der Waals surface area contributed by atoms with Gasteiger partial charge in [0.2, 0.25) is 0 Å². The molecule has 0 saturated heterocycles. The molecule has 3 aromatic carbocycles. The molecule has 0 radical (unpaired) electrons. The Morgan fingerprint density at radius 3 is 2.49 bits per heavy atom. The molecule has 0 spiro atoms. The summed E-state index contributed by atoms with van der Waals surface area (Å²) >= 11 is 1.21. The zero-order valence-electron chi connectivity index (χ0n) is 28.4. The van der Waals surface area contributed by atoms with E-state index in [9.17, 15) is 14.0 Å². The molecule has 0 bridgehead atoms. The monoisotopic (exact) mass is 686 g/mol. The number of benzene rings is 3. The van der Waals surface area contributed by atoms with Gasteiger partial charge in [0.15, 0.2) is 27.8 Å². The minimum absolute atomic E-state index is 0.00261. The lowest BCUT2D eigenvalue weighted by Gasteiger charge is -2.25. The number of hydrogen-bond acceptors (Lipinski definition) is 9. The summed E-state index contributed by atoms with van der Waals surface area (Å²) in [5.41, 5.74) is 2.82. The zero-order valence-corrected chi connectivity index (χ0v) is 29.2. The summed E-state index contributed by atoms with van der Waals surface area (Å²) in [5.74, 6) is 0.954. The van der Waals surface area contributed by atoms with Gasteiger partial charge in [-0.05, 0) is 81.7 Å². The van der Waals surface area contributed by atoms with Crippen LogP contribution in [0.2, 0.25) is 0 Å². The average Bonchev–Trinajstić information content (AvgIpc) is 3.37. The fraction of sp³-hybridized carbons (Fsp3) is 0.289. The first-order chi connectivity index (χ1) is 23.6. The second-order valence-corrected chi connectivity index (χ2v) is 12.5. The first-order valence-electron chi connectivity index (χ1n) is 15.8. The molecule has 1 aliphatic rings. The fourth-order valence-corrected chi connectivity index (χ4v) is 6.67. The average molecular weight is 687 g/mol. The second-order valence-electron chi connectivity index (χ2n) is 11.5. The first kappa shape index (κ1) is 35.2. The summed E-state index contributed by atoms with van der Waals surface area (Å²) < 4.78 is 45.0. The van der Waals surface area contributed by atoms with Gasteiger partial charge >= 0.3 is 5.97 Å². The van der Waals surface area contributed by atoms with E-state index in [1.165, 1.54) is 36.2 Å². The third-order valence-corrected chi connectivity index (χ3v) is 8.73. The van der Waals surface area contributed by atoms with Crippen LogP contribution in [-0.4, -0.2) is 37.5 Å². The maximum Gasteiger partial charge on any atom is 0.338 e. The van der Waals surface area contributed by atoms with Crippen molar-refractivity contribution in [1.29, 1.82) is 0 Å². The van der Waals surface area contributed by atoms with Gasteiger partial charge in [-0.2, -0.15) is 0 Å². The van der Waals surface area contributed by atoms with Crippen molar-refractivity contribution in [3.05, 3.63) is 126 Å². The Morgan fingerprint density at radius 2 is 1.82 bits per heavy atom. The van der Waals surface area contributed by atoms with Crippen LogP contribution in [0.4, 0.5) is 4.39 Å². The maximum absolute atomic E-state index is 14.3. The highest BCUT2D eigenvalue weighted by Gasteiger charge is 2.34. The molecule has 0 amide bonds. The van der Waals surface area contributed by atoms with E-state index in [2.05, 4.69) is 11.6 Å². The quantitative estimate of drug-likeness (QED) is 0.125. The topological polar surface area (TPSA) is 97.6 Å². The second kappa shape index (κ2) is 15.4. The standard InChI is InChI=1S/C38H39FN2O7S/c1-8-12-26-17-24(18-31(45-7)35(26)47-21-27-13-10-11-14-28(27)39)19-32-36(42)41-34(25-15-16-29(48-22(3)4)30(20-25)44-6)33(37(43)46-9-2)23(5)40-38(41)49-32/h8,10-11,13-20,22,34H,1,9,12,21H2,2-7H3/b32-19-/t34-/m0/s1. The van der Waals surface area contributed by atoms with Crippen molar-refractivity contribution in [2.45, 2.75) is 52.9 Å². The number of nitrogens with zero attached hydrogens (tertiary/aromatic N) is 2. The summed E-state index contributed by atoms with van der Waals surface area (Å²) in [5, 5.41) is 0. The van der Waals surface area contributed by atoms with E-state index in [0.717, 1.165) is 5.56 Å². The van der Waals surface area contributed by atoms with Crippen LogP contribution in [0.1, 0.15) is 56.0 Å². The van der Waals surface area contributed by atoms with Crippen LogP contribution in [0.5, 0.6) is 23.0 Å². The van der Waals surface area contributed by atoms with Crippen molar-refractivity contribution in [3.63, 3.8) is 0 Å². The molecule has 4 aromatic rings. The number of methoxy groups -OCH3 is 2. The molecule has 11 heteroatoms. The SMILES string of the molecule is C=CCc1cc(/C=c2\sc3n(c2=O)[C@@H](c2ccc(OC(C)C)c(OC)c2)C(C(=O)OCC)=C(C)N=3)cc(OC)c1OCc1ccccc1F. The minimum Gasteiger partial charge on any atom is -0.493 e. The summed E-state index contributed by atoms with van der Waals surface area (Å²) in [7, 11) is 3.06. The minimum atomic E-state index is -0.834. The number of esters is 1. The molecule has 49 heavy (non-hydrogen) atoms. The number of carbonyl (C=O) groups excluding carboxylic acids is 1. The van der Waals surface area contributed by atoms with Crippen LogP contribution in [0, 0.1) is 5.82 Å². The van der Waals surface area contributed by atoms with E-state index in [0.29, 0.717) is 61.1 Å². The Morgan fingerprint density at radius 1 is 1.06 bits per heavy atom. The first-order valence-corrected chi connectivity index (χ1v) is 16.6. The van der Waals surface area contributed by atoms with Crippen molar-refractivity contribution in [1.82, 2.24) is 4.57 Å². The Kier molecular flexibility index (Phi) is 11.0. The highest BCUT2D eigenvalue weighted by Crippen LogP contribution is 2.37. The third-order valence-electron chi connectivity index (χ3n) is 7.75. The smallest absolute Gasteiger partial charge is 0.338 e. The van der Waals surface area contributed by atoms with Gasteiger partial charge in [0, 0.05) is 11.1 Å². The number of thiazole rings is 1. The maximum atomic E-state index is 14.3. The Hall–Kier alpha value is -5.16. The number of aromatic nitrogens is 1. The Bertz CT molecular complexity index is 2100. The number of ether oxygens (including phenoxy) is 5. The van der Waals surface area contributed by atoms with Gasteiger partial charge in [0.05, 0.1) is 48.8 Å². The number of allylic oxidation sites excluding steroid dienone is 2. The van der Waals surface area contributed by atoms with Crippen LogP contribution in [0.15, 0.2) is 88.3 Å². The lowest BCUT2D eigenvalue weighted by molar-refractivity contribution is -0.139. The van der Waals surface area contributed by atoms with Crippen LogP contribution in [0.3, 0.4) is 0 Å². The van der Waals surface area contributed by atoms with E-state index in [1.807, 2.05) is 26.0 Å². The highest BCUT2D eigenvalue weighted by atomic mass is 32.1. The molecule has 0 N–H and O–H groups in total. The van der Waals surface area contributed by atoms with Crippen molar-refractivity contribution in [2.75, 3.05) is 20.8 Å². The van der Waals surface area contributed by atoms with Crippen LogP contribution < -0.4 is 33.8 Å². The van der Waals surface area contributed by atoms with Crippen molar-refractivity contribution in [2.24, 2.45) is 4.99 Å². The molecule has 9 nitrogen and oxygen atoms in total. The number of carbonyl (C=O) groups is 1. The molecular weight excluding hydrogens is 647 g/mol. The van der Waals surface area contributed by atoms with Gasteiger partial charge in [-0.3, -0.25) is 9.36 Å². The summed E-state index contributed by atoms with van der Waals surface area (Å²) in [6, 6.07) is 14.6. The molecule has 0 saturated carbocycles. The van der Waals surface area contributed by atoms with Crippen molar-refractivity contribution >= 4 is 23.4 Å². The van der Waals surface area contributed by atoms with Gasteiger partial charge < -0.3 is 23.7 Å². The molecule has 0 unspecified atom stereocenters. The van der Waals surface area contributed by atoms with Gasteiger partial charge in [-0.15, -0.1) is 6.58 Å². The van der Waals surface area contributed by atoms with E-state index in [4.69, 9.17) is 23.7 Å². The van der Waals surface area contributed by atoms with Crippen molar-refractivity contribution < 1.29 is 32.9 Å². The number of rotatable bonds is 13. The van der Waals surface area contributed by atoms with Crippen LogP contribution in [-0.2, 0) is 22.6 Å². The zero-order chi connectivity index (χ0) is 35.2. The highest BCUT2D eigenvalue weighted by molar-refractivity contribution is 7.07. The largest absolute Gasteiger partial charge is 0.493 e. The number of hydrogen-bond donors (Lipinski definition) is 0. The van der Waals surface area contributed by atoms with Gasteiger partial charge in [0.25, 0.3) is 5.56 Å². The summed E-state index contributed by atoms with van der Waals surface area (Å²) in [6.45, 7) is 11.3. The molecule has 1 atom stereocenters. The fourth-order valence-electron chi connectivity index (χ4n) is 5.62. The van der Waals surface area contributed by atoms with Crippen molar-refractivity contribution in [3.8, 4) is 23.0 Å².